The molecule has 0 atom stereocenters. The second kappa shape index (κ2) is 12.7. The van der Waals surface area contributed by atoms with Crippen molar-refractivity contribution >= 4 is 38.9 Å². The maximum Gasteiger partial charge on any atom is 0.0542 e. The summed E-state index contributed by atoms with van der Waals surface area (Å²) in [6.45, 7) is 8.99. The van der Waals surface area contributed by atoms with Crippen LogP contribution in [0.4, 0.5) is 17.1 Å². The summed E-state index contributed by atoms with van der Waals surface area (Å²) in [6.07, 6.45) is 0. The zero-order valence-electron chi connectivity index (χ0n) is 31.7. The number of hydrogen-bond acceptors (Lipinski definition) is 1. The summed E-state index contributed by atoms with van der Waals surface area (Å²) < 4.78 is 2.41. The quantitative estimate of drug-likeness (QED) is 0.167. The molecule has 1 aliphatic rings. The Hall–Kier alpha value is -6.64. The average molecular weight is 707 g/mol. The summed E-state index contributed by atoms with van der Waals surface area (Å²) in [5.74, 6) is 0. The molecule has 0 radical (unpaired) electrons. The number of aryl methyl sites for hydroxylation is 2. The van der Waals surface area contributed by atoms with Crippen molar-refractivity contribution in [2.75, 3.05) is 4.90 Å². The Bertz CT molecular complexity index is 2880. The Labute approximate surface area is 323 Å². The highest BCUT2D eigenvalue weighted by Gasteiger charge is 2.35. The van der Waals surface area contributed by atoms with Gasteiger partial charge in [-0.25, -0.2) is 0 Å². The molecule has 0 unspecified atom stereocenters. The molecular formula is C53H42N2. The van der Waals surface area contributed by atoms with Crippen molar-refractivity contribution < 1.29 is 0 Å². The number of hydrogen-bond donors (Lipinski definition) is 0. The van der Waals surface area contributed by atoms with Crippen molar-refractivity contribution in [3.8, 4) is 39.1 Å². The summed E-state index contributed by atoms with van der Waals surface area (Å²) in [5.41, 5.74) is 19.8. The molecule has 2 nitrogen and oxygen atoms in total. The van der Waals surface area contributed by atoms with Gasteiger partial charge in [0.2, 0.25) is 0 Å². The Kier molecular flexibility index (Phi) is 7.64. The lowest BCUT2D eigenvalue weighted by Gasteiger charge is -2.26. The van der Waals surface area contributed by atoms with E-state index in [-0.39, 0.29) is 5.41 Å². The van der Waals surface area contributed by atoms with E-state index in [1.165, 1.54) is 77.4 Å². The topological polar surface area (TPSA) is 8.17 Å². The van der Waals surface area contributed by atoms with Gasteiger partial charge in [0.05, 0.1) is 11.0 Å². The lowest BCUT2D eigenvalue weighted by molar-refractivity contribution is 0.660. The first kappa shape index (κ1) is 33.0. The van der Waals surface area contributed by atoms with Crippen LogP contribution in [0.25, 0.3) is 60.9 Å². The SMILES string of the molecule is Cc1ccc(N(c2ccc(-c3ccc4c(c3)C(C)(C)c3ccccc3-4)cc2)c2ccc3c(c2)c2cc(-c4ccccc4)ccc2n3-c2ccc(C)cc2)cc1. The summed E-state index contributed by atoms with van der Waals surface area (Å²) in [6, 6.07) is 67.2. The highest BCUT2D eigenvalue weighted by atomic mass is 15.1. The first-order valence-electron chi connectivity index (χ1n) is 19.3. The second-order valence-electron chi connectivity index (χ2n) is 15.6. The number of fused-ring (bicyclic) bond motifs is 6. The number of benzene rings is 8. The van der Waals surface area contributed by atoms with E-state index < -0.39 is 0 Å². The normalized spacial score (nSPS) is 12.9. The predicted molar refractivity (Wildman–Crippen MR) is 233 cm³/mol. The van der Waals surface area contributed by atoms with E-state index in [4.69, 9.17) is 0 Å². The zero-order valence-corrected chi connectivity index (χ0v) is 31.7. The van der Waals surface area contributed by atoms with Crippen LogP contribution in [0.5, 0.6) is 0 Å². The molecular weight excluding hydrogens is 665 g/mol. The van der Waals surface area contributed by atoms with Crippen LogP contribution >= 0.6 is 0 Å². The van der Waals surface area contributed by atoms with Crippen LogP contribution in [-0.4, -0.2) is 4.57 Å². The molecule has 1 aliphatic carbocycles. The summed E-state index contributed by atoms with van der Waals surface area (Å²) in [5, 5.41) is 2.46. The van der Waals surface area contributed by atoms with Crippen LogP contribution < -0.4 is 4.90 Å². The maximum absolute atomic E-state index is 2.41. The molecule has 0 spiro atoms. The Morgan fingerprint density at radius 2 is 0.909 bits per heavy atom. The Morgan fingerprint density at radius 1 is 0.400 bits per heavy atom. The van der Waals surface area contributed by atoms with Crippen molar-refractivity contribution in [1.29, 1.82) is 0 Å². The zero-order chi connectivity index (χ0) is 37.3. The third kappa shape index (κ3) is 5.48. The molecule has 0 aliphatic heterocycles. The van der Waals surface area contributed by atoms with Crippen LogP contribution in [0.2, 0.25) is 0 Å². The molecule has 8 aromatic carbocycles. The summed E-state index contributed by atoms with van der Waals surface area (Å²) in [7, 11) is 0. The van der Waals surface area contributed by atoms with E-state index in [1.54, 1.807) is 0 Å². The maximum atomic E-state index is 2.41. The highest BCUT2D eigenvalue weighted by molar-refractivity contribution is 6.12. The van der Waals surface area contributed by atoms with E-state index in [1.807, 2.05) is 0 Å². The highest BCUT2D eigenvalue weighted by Crippen LogP contribution is 2.50. The van der Waals surface area contributed by atoms with Gasteiger partial charge in [-0.2, -0.15) is 0 Å². The van der Waals surface area contributed by atoms with Gasteiger partial charge in [-0.3, -0.25) is 0 Å². The molecule has 10 rings (SSSR count). The smallest absolute Gasteiger partial charge is 0.0542 e. The van der Waals surface area contributed by atoms with E-state index in [0.29, 0.717) is 0 Å². The number of aromatic nitrogens is 1. The molecule has 1 aromatic heterocycles. The van der Waals surface area contributed by atoms with E-state index in [0.717, 1.165) is 22.7 Å². The van der Waals surface area contributed by atoms with Crippen LogP contribution in [0.3, 0.4) is 0 Å². The van der Waals surface area contributed by atoms with Crippen LogP contribution in [0, 0.1) is 13.8 Å². The number of nitrogens with zero attached hydrogens (tertiary/aromatic N) is 2. The molecule has 0 saturated heterocycles. The van der Waals surface area contributed by atoms with E-state index in [2.05, 4.69) is 219 Å². The van der Waals surface area contributed by atoms with Crippen molar-refractivity contribution in [1.82, 2.24) is 4.57 Å². The molecule has 0 amide bonds. The minimum absolute atomic E-state index is 0.0345. The second-order valence-corrected chi connectivity index (χ2v) is 15.6. The first-order chi connectivity index (χ1) is 26.8. The molecule has 9 aromatic rings. The van der Waals surface area contributed by atoms with Gasteiger partial charge in [0.25, 0.3) is 0 Å². The first-order valence-corrected chi connectivity index (χ1v) is 19.3. The number of rotatable bonds is 6. The molecule has 0 saturated carbocycles. The van der Waals surface area contributed by atoms with Gasteiger partial charge in [0, 0.05) is 38.9 Å². The number of anilines is 3. The fourth-order valence-electron chi connectivity index (χ4n) is 8.76. The standard InChI is InChI=1S/C53H42N2/c1-35-14-22-41(23-15-35)54(42-26-18-38(19-27-42)40-20-29-46-45-12-8-9-13-49(45)53(3,4)50(46)33-40)44-28-31-52-48(34-44)47-32-39(37-10-6-5-7-11-37)21-30-51(47)55(52)43-24-16-36(2)17-25-43/h5-34H,1-4H3. The Morgan fingerprint density at radius 3 is 1.64 bits per heavy atom. The summed E-state index contributed by atoms with van der Waals surface area (Å²) >= 11 is 0. The minimum atomic E-state index is -0.0345. The largest absolute Gasteiger partial charge is 0.310 e. The van der Waals surface area contributed by atoms with Gasteiger partial charge in [0.15, 0.2) is 0 Å². The fourth-order valence-corrected chi connectivity index (χ4v) is 8.76. The van der Waals surface area contributed by atoms with E-state index in [9.17, 15) is 0 Å². The van der Waals surface area contributed by atoms with Gasteiger partial charge in [-0.05, 0) is 131 Å². The average Bonchev–Trinajstić information content (AvgIpc) is 3.67. The predicted octanol–water partition coefficient (Wildman–Crippen LogP) is 14.5. The van der Waals surface area contributed by atoms with Gasteiger partial charge in [-0.1, -0.05) is 134 Å². The van der Waals surface area contributed by atoms with Gasteiger partial charge in [-0.15, -0.1) is 0 Å². The third-order valence-electron chi connectivity index (χ3n) is 11.7. The van der Waals surface area contributed by atoms with Crippen molar-refractivity contribution in [2.45, 2.75) is 33.1 Å². The molecule has 0 bridgehead atoms. The lowest BCUT2D eigenvalue weighted by atomic mass is 9.81. The van der Waals surface area contributed by atoms with Gasteiger partial charge in [0.1, 0.15) is 0 Å². The van der Waals surface area contributed by atoms with Crippen molar-refractivity contribution in [3.63, 3.8) is 0 Å². The fraction of sp³-hybridized carbons (Fsp3) is 0.0943. The Balaban J connectivity index is 1.11. The molecule has 264 valence electrons. The van der Waals surface area contributed by atoms with E-state index >= 15 is 0 Å². The van der Waals surface area contributed by atoms with Gasteiger partial charge < -0.3 is 9.47 Å². The van der Waals surface area contributed by atoms with Crippen molar-refractivity contribution in [3.05, 3.63) is 204 Å². The van der Waals surface area contributed by atoms with Crippen LogP contribution in [0.1, 0.15) is 36.1 Å². The molecule has 1 heterocycles. The van der Waals surface area contributed by atoms with Gasteiger partial charge >= 0.3 is 0 Å². The molecule has 0 N–H and O–H groups in total. The summed E-state index contributed by atoms with van der Waals surface area (Å²) in [4.78, 5) is 2.39. The minimum Gasteiger partial charge on any atom is -0.310 e. The molecule has 0 fully saturated rings. The lowest BCUT2D eigenvalue weighted by Crippen LogP contribution is -2.14. The molecule has 55 heavy (non-hydrogen) atoms. The monoisotopic (exact) mass is 706 g/mol. The van der Waals surface area contributed by atoms with Crippen LogP contribution in [-0.2, 0) is 5.41 Å². The third-order valence-corrected chi connectivity index (χ3v) is 11.7. The van der Waals surface area contributed by atoms with Crippen LogP contribution in [0.15, 0.2) is 182 Å². The van der Waals surface area contributed by atoms with Crippen molar-refractivity contribution in [2.24, 2.45) is 0 Å². The molecule has 2 heteroatoms.